The van der Waals surface area contributed by atoms with Gasteiger partial charge in [-0.3, -0.25) is 0 Å². The van der Waals surface area contributed by atoms with Crippen LogP contribution in [-0.2, 0) is 17.6 Å². The number of nitrogens with one attached hydrogen (secondary N) is 1. The number of ether oxygens (including phenoxy) is 1. The number of nitrogens with zero attached hydrogens (tertiary/aromatic N) is 1. The van der Waals surface area contributed by atoms with Gasteiger partial charge in [0.2, 0.25) is 0 Å². The molecular formula is C28H41BrN2O4. The number of piperidine rings is 1. The number of para-hydroxylation sites is 2. The van der Waals surface area contributed by atoms with Crippen molar-refractivity contribution in [2.45, 2.75) is 70.9 Å². The molecule has 0 radical (unpaired) electrons. The minimum Gasteiger partial charge on any atom is -1.00 e. The summed E-state index contributed by atoms with van der Waals surface area (Å²) in [5, 5.41) is 23.4. The number of halogens is 1. The molecule has 3 N–H and O–H groups in total. The first-order chi connectivity index (χ1) is 16.2. The zero-order valence-electron chi connectivity index (χ0n) is 21.3. The predicted molar refractivity (Wildman–Crippen MR) is 135 cm³/mol. The van der Waals surface area contributed by atoms with Gasteiger partial charge in [-0.1, -0.05) is 36.4 Å². The highest BCUT2D eigenvalue weighted by Gasteiger charge is 2.35. The van der Waals surface area contributed by atoms with Crippen LogP contribution in [0.5, 0.6) is 11.5 Å². The lowest BCUT2D eigenvalue weighted by atomic mass is 9.99. The minimum atomic E-state index is -0.514. The first-order valence-electron chi connectivity index (χ1n) is 12.5. The lowest BCUT2D eigenvalue weighted by molar-refractivity contribution is -0.933. The van der Waals surface area contributed by atoms with Crippen molar-refractivity contribution in [3.63, 3.8) is 0 Å². The minimum absolute atomic E-state index is 0. The van der Waals surface area contributed by atoms with Crippen LogP contribution in [0.15, 0.2) is 48.5 Å². The number of rotatable bonds is 9. The fraction of sp³-hybridized carbons (Fsp3) is 0.536. The van der Waals surface area contributed by atoms with E-state index in [0.29, 0.717) is 11.5 Å². The van der Waals surface area contributed by atoms with Crippen LogP contribution < -0.4 is 22.3 Å². The summed E-state index contributed by atoms with van der Waals surface area (Å²) in [6, 6.07) is 15.2. The van der Waals surface area contributed by atoms with Crippen LogP contribution in [0, 0.1) is 0 Å². The number of amides is 1. The highest BCUT2D eigenvalue weighted by atomic mass is 79.9. The van der Waals surface area contributed by atoms with Gasteiger partial charge >= 0.3 is 6.09 Å². The molecule has 3 rings (SSSR count). The summed E-state index contributed by atoms with van der Waals surface area (Å²) in [6.07, 6.45) is 5.25. The van der Waals surface area contributed by atoms with Gasteiger partial charge in [-0.05, 0) is 69.7 Å². The highest BCUT2D eigenvalue weighted by molar-refractivity contribution is 5.68. The standard InChI is InChI=1S/C28H40N2O4.BrH/c1-28(2,3)34-27(33)29-24-15-10-20-30(21-24,18-8-13-22-11-4-6-16-25(22)31)19-9-14-23-12-5-7-17-26(23)32;/h4-7,11-12,16-17,24H,8-10,13-15,18-21H2,1-3H3,(H2-,29,31,32,33);1H. The predicted octanol–water partition coefficient (Wildman–Crippen LogP) is 2.17. The number of aromatic hydroxyl groups is 2. The molecule has 7 heteroatoms. The fourth-order valence-corrected chi connectivity index (χ4v) is 5.09. The molecule has 0 spiro atoms. The van der Waals surface area contributed by atoms with E-state index in [2.05, 4.69) is 5.32 Å². The summed E-state index contributed by atoms with van der Waals surface area (Å²) in [5.74, 6) is 0.716. The molecule has 0 aromatic heterocycles. The van der Waals surface area contributed by atoms with Crippen molar-refractivity contribution in [3.8, 4) is 11.5 Å². The van der Waals surface area contributed by atoms with Crippen molar-refractivity contribution >= 4 is 6.09 Å². The number of benzene rings is 2. The van der Waals surface area contributed by atoms with E-state index in [-0.39, 0.29) is 29.1 Å². The number of hydrogen-bond donors (Lipinski definition) is 3. The van der Waals surface area contributed by atoms with E-state index in [1.807, 2.05) is 57.2 Å². The van der Waals surface area contributed by atoms with E-state index in [0.717, 1.165) is 80.3 Å². The number of phenols is 2. The van der Waals surface area contributed by atoms with Crippen LogP contribution >= 0.6 is 0 Å². The van der Waals surface area contributed by atoms with Gasteiger partial charge in [0.15, 0.2) is 0 Å². The Hall–Kier alpha value is -2.25. The Morgan fingerprint density at radius 2 is 1.49 bits per heavy atom. The second-order valence-corrected chi connectivity index (χ2v) is 10.6. The van der Waals surface area contributed by atoms with Crippen LogP contribution in [0.4, 0.5) is 4.79 Å². The molecule has 1 amide bonds. The molecule has 1 atom stereocenters. The summed E-state index contributed by atoms with van der Waals surface area (Å²) in [5.41, 5.74) is 1.45. The second kappa shape index (κ2) is 13.2. The Kier molecular flexibility index (Phi) is 10.9. The van der Waals surface area contributed by atoms with Crippen molar-refractivity contribution < 1.29 is 41.2 Å². The Morgan fingerprint density at radius 1 is 0.971 bits per heavy atom. The van der Waals surface area contributed by atoms with Gasteiger partial charge in [-0.25, -0.2) is 4.79 Å². The van der Waals surface area contributed by atoms with Crippen molar-refractivity contribution in [2.75, 3.05) is 26.2 Å². The van der Waals surface area contributed by atoms with Gasteiger partial charge in [0.05, 0.1) is 32.2 Å². The SMILES string of the molecule is CC(C)(C)OC(=O)NC1CCC[N+](CCCc2ccccc2O)(CCCc2ccccc2O)C1.[Br-]. The molecule has 0 saturated carbocycles. The van der Waals surface area contributed by atoms with Gasteiger partial charge in [-0.15, -0.1) is 0 Å². The average Bonchev–Trinajstić information content (AvgIpc) is 2.75. The monoisotopic (exact) mass is 548 g/mol. The van der Waals surface area contributed by atoms with Crippen LogP contribution in [0.25, 0.3) is 0 Å². The molecule has 35 heavy (non-hydrogen) atoms. The zero-order chi connectivity index (χ0) is 24.6. The van der Waals surface area contributed by atoms with E-state index in [4.69, 9.17) is 4.74 Å². The second-order valence-electron chi connectivity index (χ2n) is 10.6. The molecule has 1 unspecified atom stereocenters. The molecule has 6 nitrogen and oxygen atoms in total. The normalized spacial score (nSPS) is 17.3. The topological polar surface area (TPSA) is 78.8 Å². The highest BCUT2D eigenvalue weighted by Crippen LogP contribution is 2.25. The third-order valence-corrected chi connectivity index (χ3v) is 6.65. The lowest BCUT2D eigenvalue weighted by Crippen LogP contribution is -3.00. The maximum atomic E-state index is 12.4. The number of phenolic OH excluding ortho intramolecular Hbond substituents is 2. The molecule has 194 valence electrons. The molecule has 1 saturated heterocycles. The number of quaternary nitrogens is 1. The molecule has 2 aromatic carbocycles. The first kappa shape index (κ1) is 29.0. The van der Waals surface area contributed by atoms with Crippen LogP contribution in [0.3, 0.4) is 0 Å². The number of likely N-dealkylation sites (tertiary alicyclic amines) is 1. The number of carbonyl (C=O) groups is 1. The summed E-state index contributed by atoms with van der Waals surface area (Å²) in [6.45, 7) is 9.57. The largest absolute Gasteiger partial charge is 1.00 e. The van der Waals surface area contributed by atoms with E-state index < -0.39 is 5.60 Å². The third-order valence-electron chi connectivity index (χ3n) is 6.65. The first-order valence-corrected chi connectivity index (χ1v) is 12.5. The van der Waals surface area contributed by atoms with Crippen LogP contribution in [-0.4, -0.2) is 58.6 Å². The fourth-order valence-electron chi connectivity index (χ4n) is 5.09. The van der Waals surface area contributed by atoms with Gasteiger partial charge in [0.1, 0.15) is 17.1 Å². The van der Waals surface area contributed by atoms with Crippen molar-refractivity contribution in [2.24, 2.45) is 0 Å². The van der Waals surface area contributed by atoms with Gasteiger partial charge in [0.25, 0.3) is 0 Å². The molecule has 0 aliphatic carbocycles. The summed E-state index contributed by atoms with van der Waals surface area (Å²) >= 11 is 0. The Balaban J connectivity index is 0.00000432. The third kappa shape index (κ3) is 9.37. The lowest BCUT2D eigenvalue weighted by Gasteiger charge is -2.45. The molecule has 1 aliphatic heterocycles. The summed E-state index contributed by atoms with van der Waals surface area (Å²) < 4.78 is 6.43. The van der Waals surface area contributed by atoms with Crippen molar-refractivity contribution in [3.05, 3.63) is 59.7 Å². The molecule has 1 aliphatic rings. The van der Waals surface area contributed by atoms with Gasteiger partial charge < -0.3 is 41.7 Å². The van der Waals surface area contributed by atoms with Crippen molar-refractivity contribution in [1.29, 1.82) is 0 Å². The van der Waals surface area contributed by atoms with Crippen LogP contribution in [0.1, 0.15) is 57.6 Å². The molecule has 1 heterocycles. The summed E-state index contributed by atoms with van der Waals surface area (Å²) in [4.78, 5) is 12.4. The number of carbonyl (C=O) groups excluding carboxylic acids is 1. The zero-order valence-corrected chi connectivity index (χ0v) is 22.9. The van der Waals surface area contributed by atoms with E-state index in [1.165, 1.54) is 0 Å². The smallest absolute Gasteiger partial charge is 0.408 e. The van der Waals surface area contributed by atoms with E-state index in [1.54, 1.807) is 12.1 Å². The number of hydrogen-bond acceptors (Lipinski definition) is 4. The molecule has 0 bridgehead atoms. The Labute approximate surface area is 220 Å². The average molecular weight is 550 g/mol. The van der Waals surface area contributed by atoms with E-state index >= 15 is 0 Å². The summed E-state index contributed by atoms with van der Waals surface area (Å²) in [7, 11) is 0. The quantitative estimate of drug-likeness (QED) is 0.419. The Morgan fingerprint density at radius 3 is 1.97 bits per heavy atom. The number of aryl methyl sites for hydroxylation is 2. The van der Waals surface area contributed by atoms with Crippen molar-refractivity contribution in [1.82, 2.24) is 5.32 Å². The molecule has 1 fully saturated rings. The van der Waals surface area contributed by atoms with E-state index in [9.17, 15) is 15.0 Å². The van der Waals surface area contributed by atoms with Gasteiger partial charge in [-0.2, -0.15) is 0 Å². The molecular weight excluding hydrogens is 508 g/mol. The maximum absolute atomic E-state index is 12.4. The molecule has 2 aromatic rings. The maximum Gasteiger partial charge on any atom is 0.408 e. The van der Waals surface area contributed by atoms with Crippen LogP contribution in [0.2, 0.25) is 0 Å². The van der Waals surface area contributed by atoms with Gasteiger partial charge in [0, 0.05) is 12.8 Å². The Bertz CT molecular complexity index is 893. The number of alkyl carbamates (subject to hydrolysis) is 1.